The summed E-state index contributed by atoms with van der Waals surface area (Å²) < 4.78 is 44.3. The van der Waals surface area contributed by atoms with Crippen LogP contribution >= 0.6 is 0 Å². The fourth-order valence-electron chi connectivity index (χ4n) is 2.01. The van der Waals surface area contributed by atoms with Gasteiger partial charge in [-0.25, -0.2) is 0 Å². The van der Waals surface area contributed by atoms with E-state index in [1.165, 1.54) is 30.5 Å². The topological polar surface area (TPSA) is 45.8 Å². The number of carbonyl (C=O) groups is 1. The lowest BCUT2D eigenvalue weighted by atomic mass is 10.1. The van der Waals surface area contributed by atoms with Gasteiger partial charge in [0.25, 0.3) is 5.91 Å². The van der Waals surface area contributed by atoms with Crippen molar-refractivity contribution in [3.05, 3.63) is 60.1 Å². The lowest BCUT2D eigenvalue weighted by Crippen LogP contribution is -2.25. The summed E-state index contributed by atoms with van der Waals surface area (Å²) in [5.74, 6) is -0.704. The average molecular weight is 306 g/mol. The van der Waals surface area contributed by atoms with Gasteiger partial charge in [-0.05, 0) is 30.3 Å². The number of amides is 1. The molecule has 0 spiro atoms. The zero-order chi connectivity index (χ0) is 15.7. The van der Waals surface area contributed by atoms with Crippen LogP contribution in [-0.2, 0) is 4.79 Å². The van der Waals surface area contributed by atoms with E-state index in [9.17, 15) is 18.0 Å². The first-order chi connectivity index (χ1) is 10.5. The highest BCUT2D eigenvalue weighted by molar-refractivity contribution is 6.34. The summed E-state index contributed by atoms with van der Waals surface area (Å²) >= 11 is 0. The lowest BCUT2D eigenvalue weighted by molar-refractivity contribution is -0.114. The average Bonchev–Trinajstić information content (AvgIpc) is 3.09. The van der Waals surface area contributed by atoms with Crippen molar-refractivity contribution in [3.8, 4) is 0 Å². The summed E-state index contributed by atoms with van der Waals surface area (Å²) in [5.41, 5.74) is -1.53. The highest BCUT2D eigenvalue weighted by atomic mass is 19.4. The van der Waals surface area contributed by atoms with Gasteiger partial charge in [0.1, 0.15) is 5.76 Å². The Bertz CT molecular complexity index is 747. The van der Waals surface area contributed by atoms with Crippen molar-refractivity contribution in [1.82, 2.24) is 0 Å². The molecule has 1 aromatic heterocycles. The third kappa shape index (κ3) is 2.52. The number of hydrogen-bond donors (Lipinski definition) is 0. The molecule has 1 aliphatic rings. The van der Waals surface area contributed by atoms with E-state index in [1.807, 2.05) is 0 Å². The van der Waals surface area contributed by atoms with E-state index in [1.54, 1.807) is 18.2 Å². The normalized spacial score (nSPS) is 17.2. The van der Waals surface area contributed by atoms with Crippen LogP contribution in [0.4, 0.5) is 18.9 Å². The van der Waals surface area contributed by atoms with E-state index in [2.05, 4.69) is 5.10 Å². The van der Waals surface area contributed by atoms with Gasteiger partial charge < -0.3 is 4.42 Å². The Kier molecular flexibility index (Phi) is 3.32. The molecule has 0 atom stereocenters. The molecular formula is C15H9F3N2O2. The van der Waals surface area contributed by atoms with Gasteiger partial charge in [0.15, 0.2) is 5.71 Å². The Morgan fingerprint density at radius 2 is 1.82 bits per heavy atom. The Morgan fingerprint density at radius 3 is 2.41 bits per heavy atom. The van der Waals surface area contributed by atoms with E-state index in [-0.39, 0.29) is 11.4 Å². The summed E-state index contributed by atoms with van der Waals surface area (Å²) in [7, 11) is 0. The summed E-state index contributed by atoms with van der Waals surface area (Å²) in [6.07, 6.45) is -2.39. The third-order valence-corrected chi connectivity index (χ3v) is 2.98. The van der Waals surface area contributed by atoms with Gasteiger partial charge >= 0.3 is 6.18 Å². The second-order valence-electron chi connectivity index (χ2n) is 4.47. The largest absolute Gasteiger partial charge is 0.465 e. The van der Waals surface area contributed by atoms with Crippen LogP contribution in [0, 0.1) is 0 Å². The van der Waals surface area contributed by atoms with Crippen molar-refractivity contribution in [1.29, 1.82) is 0 Å². The molecule has 3 rings (SSSR count). The molecule has 0 fully saturated rings. The van der Waals surface area contributed by atoms with Crippen molar-refractivity contribution in [3.63, 3.8) is 0 Å². The second-order valence-corrected chi connectivity index (χ2v) is 4.47. The van der Waals surface area contributed by atoms with Gasteiger partial charge in [-0.3, -0.25) is 4.79 Å². The first-order valence-electron chi connectivity index (χ1n) is 6.28. The molecule has 2 heterocycles. The van der Waals surface area contributed by atoms with Crippen LogP contribution < -0.4 is 5.01 Å². The Morgan fingerprint density at radius 1 is 1.09 bits per heavy atom. The molecule has 2 aromatic rings. The summed E-state index contributed by atoms with van der Waals surface area (Å²) in [4.78, 5) is 12.3. The highest BCUT2D eigenvalue weighted by Crippen LogP contribution is 2.32. The highest BCUT2D eigenvalue weighted by Gasteiger charge is 2.46. The number of nitrogens with zero attached hydrogens (tertiary/aromatic N) is 2. The number of benzene rings is 1. The molecule has 112 valence electrons. The van der Waals surface area contributed by atoms with Crippen LogP contribution in [0.15, 0.2) is 63.8 Å². The zero-order valence-electron chi connectivity index (χ0n) is 11.0. The zero-order valence-corrected chi connectivity index (χ0v) is 11.0. The van der Waals surface area contributed by atoms with E-state index in [0.29, 0.717) is 0 Å². The van der Waals surface area contributed by atoms with Gasteiger partial charge in [-0.2, -0.15) is 23.3 Å². The smallest absolute Gasteiger partial charge is 0.435 e. The maximum absolute atomic E-state index is 13.1. The molecule has 0 saturated carbocycles. The molecule has 7 heteroatoms. The molecule has 0 bridgehead atoms. The van der Waals surface area contributed by atoms with Crippen molar-refractivity contribution in [2.75, 3.05) is 5.01 Å². The predicted octanol–water partition coefficient (Wildman–Crippen LogP) is 3.63. The molecular weight excluding hydrogens is 297 g/mol. The summed E-state index contributed by atoms with van der Waals surface area (Å²) in [6, 6.07) is 10.9. The van der Waals surface area contributed by atoms with Gasteiger partial charge in [0, 0.05) is 0 Å². The number of furan rings is 1. The second kappa shape index (κ2) is 5.18. The molecule has 1 amide bonds. The standard InChI is InChI=1S/C15H9F3N2O2/c16-15(17,18)13-12(9-11-7-4-8-22-11)14(21)20(19-13)10-5-2-1-3-6-10/h1-9H. The number of hydrogen-bond acceptors (Lipinski definition) is 3. The van der Waals surface area contributed by atoms with E-state index in [0.717, 1.165) is 11.1 Å². The fourth-order valence-corrected chi connectivity index (χ4v) is 2.01. The number of rotatable bonds is 2. The molecule has 0 unspecified atom stereocenters. The molecule has 1 aromatic carbocycles. The Balaban J connectivity index is 2.07. The molecule has 4 nitrogen and oxygen atoms in total. The number of alkyl halides is 3. The van der Waals surface area contributed by atoms with Crippen LogP contribution in [0.5, 0.6) is 0 Å². The minimum Gasteiger partial charge on any atom is -0.465 e. The minimum absolute atomic E-state index is 0.148. The Labute approximate surface area is 123 Å². The number of anilines is 1. The number of halogens is 3. The van der Waals surface area contributed by atoms with E-state index in [4.69, 9.17) is 4.42 Å². The fraction of sp³-hybridized carbons (Fsp3) is 0.0667. The first-order valence-corrected chi connectivity index (χ1v) is 6.28. The first kappa shape index (κ1) is 14.1. The van der Waals surface area contributed by atoms with E-state index < -0.39 is 23.4 Å². The predicted molar refractivity (Wildman–Crippen MR) is 74.1 cm³/mol. The molecule has 1 aliphatic heterocycles. The molecule has 0 radical (unpaired) electrons. The third-order valence-electron chi connectivity index (χ3n) is 2.98. The number of hydrazone groups is 1. The summed E-state index contributed by atoms with van der Waals surface area (Å²) in [5, 5.41) is 4.17. The monoisotopic (exact) mass is 306 g/mol. The number of carbonyl (C=O) groups excluding carboxylic acids is 1. The van der Waals surface area contributed by atoms with Crippen LogP contribution in [-0.4, -0.2) is 17.8 Å². The molecule has 0 aliphatic carbocycles. The molecule has 0 N–H and O–H groups in total. The SMILES string of the molecule is O=C1C(=Cc2ccco2)C(C(F)(F)F)=NN1c1ccccc1. The van der Waals surface area contributed by atoms with Crippen molar-refractivity contribution < 1.29 is 22.4 Å². The van der Waals surface area contributed by atoms with Crippen LogP contribution in [0.25, 0.3) is 6.08 Å². The Hall–Kier alpha value is -2.83. The van der Waals surface area contributed by atoms with Gasteiger partial charge in [-0.15, -0.1) is 0 Å². The molecule has 22 heavy (non-hydrogen) atoms. The van der Waals surface area contributed by atoms with Crippen LogP contribution in [0.2, 0.25) is 0 Å². The van der Waals surface area contributed by atoms with Gasteiger partial charge in [-0.1, -0.05) is 18.2 Å². The van der Waals surface area contributed by atoms with E-state index >= 15 is 0 Å². The maximum atomic E-state index is 13.1. The maximum Gasteiger partial charge on any atom is 0.435 e. The summed E-state index contributed by atoms with van der Waals surface area (Å²) in [6.45, 7) is 0. The van der Waals surface area contributed by atoms with Crippen molar-refractivity contribution >= 4 is 23.4 Å². The number of para-hydroxylation sites is 1. The van der Waals surface area contributed by atoms with Crippen molar-refractivity contribution in [2.45, 2.75) is 6.18 Å². The van der Waals surface area contributed by atoms with Crippen LogP contribution in [0.1, 0.15) is 5.76 Å². The van der Waals surface area contributed by atoms with Crippen molar-refractivity contribution in [2.24, 2.45) is 5.10 Å². The minimum atomic E-state index is -4.74. The van der Waals surface area contributed by atoms with Crippen LogP contribution in [0.3, 0.4) is 0 Å². The van der Waals surface area contributed by atoms with Gasteiger partial charge in [0.2, 0.25) is 0 Å². The van der Waals surface area contributed by atoms with Gasteiger partial charge in [0.05, 0.1) is 17.5 Å². The quantitative estimate of drug-likeness (QED) is 0.795. The molecule has 0 saturated heterocycles. The lowest BCUT2D eigenvalue weighted by Gasteiger charge is -2.10.